The molecule has 0 spiro atoms. The largest absolute Gasteiger partial charge is 0.491 e. The minimum atomic E-state index is -0.991. The first-order chi connectivity index (χ1) is 7.52. The second kappa shape index (κ2) is 3.88. The van der Waals surface area contributed by atoms with Crippen LogP contribution in [0.3, 0.4) is 0 Å². The van der Waals surface area contributed by atoms with E-state index in [0.29, 0.717) is 13.0 Å². The highest BCUT2D eigenvalue weighted by Crippen LogP contribution is 2.43. The normalized spacial score (nSPS) is 18.8. The number of halogens is 2. The highest BCUT2D eigenvalue weighted by molar-refractivity contribution is 6.32. The van der Waals surface area contributed by atoms with Crippen LogP contribution in [0.2, 0.25) is 5.02 Å². The molecule has 1 heterocycles. The number of nitrogens with two attached hydrogens (primary N) is 1. The van der Waals surface area contributed by atoms with Crippen molar-refractivity contribution >= 4 is 17.3 Å². The number of hydrogen-bond acceptors (Lipinski definition) is 4. The van der Waals surface area contributed by atoms with E-state index in [1.54, 1.807) is 0 Å². The molecule has 16 heavy (non-hydrogen) atoms. The molecule has 1 aromatic rings. The van der Waals surface area contributed by atoms with E-state index in [9.17, 15) is 14.5 Å². The summed E-state index contributed by atoms with van der Waals surface area (Å²) in [5.41, 5.74) is 5.11. The van der Waals surface area contributed by atoms with Gasteiger partial charge in [0.05, 0.1) is 22.1 Å². The Labute approximate surface area is 95.1 Å². The zero-order valence-electron chi connectivity index (χ0n) is 8.07. The molecule has 5 nitrogen and oxygen atoms in total. The Hall–Kier alpha value is -1.40. The summed E-state index contributed by atoms with van der Waals surface area (Å²) >= 11 is 5.75. The third-order valence-electron chi connectivity index (χ3n) is 2.42. The van der Waals surface area contributed by atoms with Gasteiger partial charge in [-0.25, -0.2) is 0 Å². The van der Waals surface area contributed by atoms with E-state index >= 15 is 0 Å². The molecular formula is C9H8ClFN2O3. The standard InChI is InChI=1S/C9H8ClFN2O3/c10-4-3-5(11)8(13(14)15)7-6(12)1-2-16-9(4)7/h3,6H,1-2,12H2/t6-/m0/s1. The van der Waals surface area contributed by atoms with Gasteiger partial charge in [-0.2, -0.15) is 4.39 Å². The molecule has 1 aliphatic heterocycles. The van der Waals surface area contributed by atoms with Gasteiger partial charge in [-0.05, 0) is 0 Å². The number of nitro groups is 1. The smallest absolute Gasteiger partial charge is 0.313 e. The molecule has 1 aromatic carbocycles. The Balaban J connectivity index is 2.74. The third kappa shape index (κ3) is 1.60. The van der Waals surface area contributed by atoms with Crippen LogP contribution >= 0.6 is 11.6 Å². The molecule has 0 bridgehead atoms. The molecule has 0 amide bonds. The van der Waals surface area contributed by atoms with Crippen LogP contribution in [-0.2, 0) is 0 Å². The maximum atomic E-state index is 13.4. The van der Waals surface area contributed by atoms with Crippen molar-refractivity contribution in [3.8, 4) is 5.75 Å². The molecule has 0 unspecified atom stereocenters. The summed E-state index contributed by atoms with van der Waals surface area (Å²) in [5, 5.41) is 10.8. The average Bonchev–Trinajstić information content (AvgIpc) is 2.19. The minimum Gasteiger partial charge on any atom is -0.491 e. The van der Waals surface area contributed by atoms with E-state index in [-0.39, 0.29) is 16.3 Å². The Morgan fingerprint density at radius 1 is 1.69 bits per heavy atom. The SMILES string of the molecule is N[C@H]1CCOc2c(Cl)cc(F)c([N+](=O)[O-])c21. The molecule has 1 atom stereocenters. The predicted octanol–water partition coefficient (Wildman–Crippen LogP) is 2.17. The second-order valence-corrected chi connectivity index (χ2v) is 3.84. The summed E-state index contributed by atoms with van der Waals surface area (Å²) in [6, 6.07) is 0.244. The lowest BCUT2D eigenvalue weighted by Crippen LogP contribution is -2.22. The van der Waals surface area contributed by atoms with Crippen molar-refractivity contribution < 1.29 is 14.1 Å². The van der Waals surface area contributed by atoms with E-state index in [4.69, 9.17) is 22.1 Å². The van der Waals surface area contributed by atoms with Crippen LogP contribution in [0.1, 0.15) is 18.0 Å². The Kier molecular flexibility index (Phi) is 2.69. The van der Waals surface area contributed by atoms with E-state index < -0.39 is 22.5 Å². The van der Waals surface area contributed by atoms with Gasteiger partial charge in [0.1, 0.15) is 5.75 Å². The molecule has 7 heteroatoms. The number of ether oxygens (including phenoxy) is 1. The Bertz CT molecular complexity index is 467. The molecule has 1 aliphatic rings. The summed E-state index contributed by atoms with van der Waals surface area (Å²) in [6.07, 6.45) is 0.396. The molecular weight excluding hydrogens is 239 g/mol. The number of benzene rings is 1. The van der Waals surface area contributed by atoms with Gasteiger partial charge >= 0.3 is 5.69 Å². The van der Waals surface area contributed by atoms with Gasteiger partial charge in [0.2, 0.25) is 5.82 Å². The molecule has 0 fully saturated rings. The van der Waals surface area contributed by atoms with Gasteiger partial charge in [0.25, 0.3) is 0 Å². The summed E-state index contributed by atoms with van der Waals surface area (Å²) in [4.78, 5) is 9.96. The molecule has 2 rings (SSSR count). The number of hydrogen-bond donors (Lipinski definition) is 1. The zero-order chi connectivity index (χ0) is 11.9. The van der Waals surface area contributed by atoms with Crippen molar-refractivity contribution in [2.75, 3.05) is 6.61 Å². The summed E-state index contributed by atoms with van der Waals surface area (Å²) in [7, 11) is 0. The Morgan fingerprint density at radius 3 is 3.00 bits per heavy atom. The van der Waals surface area contributed by atoms with Crippen LogP contribution in [0, 0.1) is 15.9 Å². The number of rotatable bonds is 1. The second-order valence-electron chi connectivity index (χ2n) is 3.43. The molecule has 0 aliphatic carbocycles. The van der Waals surface area contributed by atoms with Crippen molar-refractivity contribution in [3.05, 3.63) is 32.6 Å². The van der Waals surface area contributed by atoms with Gasteiger partial charge in [0.15, 0.2) is 0 Å². The zero-order valence-corrected chi connectivity index (χ0v) is 8.83. The van der Waals surface area contributed by atoms with Crippen LogP contribution in [0.15, 0.2) is 6.07 Å². The van der Waals surface area contributed by atoms with E-state index in [1.165, 1.54) is 0 Å². The van der Waals surface area contributed by atoms with Crippen LogP contribution in [0.5, 0.6) is 5.75 Å². The lowest BCUT2D eigenvalue weighted by atomic mass is 9.99. The lowest BCUT2D eigenvalue weighted by Gasteiger charge is -2.23. The van der Waals surface area contributed by atoms with Gasteiger partial charge in [-0.3, -0.25) is 10.1 Å². The molecule has 2 N–H and O–H groups in total. The summed E-state index contributed by atoms with van der Waals surface area (Å²) < 4.78 is 18.6. The van der Waals surface area contributed by atoms with Crippen molar-refractivity contribution in [3.63, 3.8) is 0 Å². The summed E-state index contributed by atoms with van der Waals surface area (Å²) in [6.45, 7) is 0.316. The van der Waals surface area contributed by atoms with Gasteiger partial charge in [-0.1, -0.05) is 11.6 Å². The fourth-order valence-electron chi connectivity index (χ4n) is 1.72. The van der Waals surface area contributed by atoms with Gasteiger partial charge in [0, 0.05) is 18.5 Å². The van der Waals surface area contributed by atoms with Crippen molar-refractivity contribution in [1.29, 1.82) is 0 Å². The first-order valence-electron chi connectivity index (χ1n) is 4.57. The lowest BCUT2D eigenvalue weighted by molar-refractivity contribution is -0.388. The van der Waals surface area contributed by atoms with Crippen LogP contribution in [0.25, 0.3) is 0 Å². The molecule has 86 valence electrons. The molecule has 0 radical (unpaired) electrons. The molecule has 0 saturated heterocycles. The summed E-state index contributed by atoms with van der Waals surface area (Å²) in [5.74, 6) is -0.872. The van der Waals surface area contributed by atoms with Crippen molar-refractivity contribution in [2.45, 2.75) is 12.5 Å². The minimum absolute atomic E-state index is 0.00764. The van der Waals surface area contributed by atoms with Gasteiger partial charge in [-0.15, -0.1) is 0 Å². The predicted molar refractivity (Wildman–Crippen MR) is 55.1 cm³/mol. The first kappa shape index (κ1) is 11.1. The van der Waals surface area contributed by atoms with Crippen LogP contribution in [-0.4, -0.2) is 11.5 Å². The van der Waals surface area contributed by atoms with Crippen molar-refractivity contribution in [2.24, 2.45) is 5.73 Å². The average molecular weight is 247 g/mol. The van der Waals surface area contributed by atoms with Gasteiger partial charge < -0.3 is 10.5 Å². The number of nitrogens with zero attached hydrogens (tertiary/aromatic N) is 1. The van der Waals surface area contributed by atoms with E-state index in [2.05, 4.69) is 0 Å². The maximum Gasteiger partial charge on any atom is 0.313 e. The Morgan fingerprint density at radius 2 is 2.38 bits per heavy atom. The molecule has 0 aromatic heterocycles. The highest BCUT2D eigenvalue weighted by atomic mass is 35.5. The maximum absolute atomic E-state index is 13.4. The number of nitro benzene ring substituents is 1. The van der Waals surface area contributed by atoms with Crippen LogP contribution < -0.4 is 10.5 Å². The number of fused-ring (bicyclic) bond motifs is 1. The molecule has 0 saturated carbocycles. The topological polar surface area (TPSA) is 78.4 Å². The van der Waals surface area contributed by atoms with Crippen LogP contribution in [0.4, 0.5) is 10.1 Å². The fraction of sp³-hybridized carbons (Fsp3) is 0.333. The highest BCUT2D eigenvalue weighted by Gasteiger charge is 2.33. The quantitative estimate of drug-likeness (QED) is 0.608. The first-order valence-corrected chi connectivity index (χ1v) is 4.95. The van der Waals surface area contributed by atoms with Crippen molar-refractivity contribution in [1.82, 2.24) is 0 Å². The fourth-order valence-corrected chi connectivity index (χ4v) is 1.97. The third-order valence-corrected chi connectivity index (χ3v) is 2.71. The monoisotopic (exact) mass is 246 g/mol. The van der Waals surface area contributed by atoms with E-state index in [1.807, 2.05) is 0 Å². The van der Waals surface area contributed by atoms with E-state index in [0.717, 1.165) is 6.07 Å².